The molecular weight excluding hydrogens is 555 g/mol. The van der Waals surface area contributed by atoms with Crippen LogP contribution in [-0.4, -0.2) is 60.0 Å². The van der Waals surface area contributed by atoms with Gasteiger partial charge in [0.2, 0.25) is 5.91 Å². The fourth-order valence-electron chi connectivity index (χ4n) is 5.75. The van der Waals surface area contributed by atoms with Crippen molar-refractivity contribution in [1.82, 2.24) is 35.0 Å². The first-order valence-corrected chi connectivity index (χ1v) is 14.2. The molecule has 1 fully saturated rings. The van der Waals surface area contributed by atoms with Crippen LogP contribution in [0.15, 0.2) is 30.6 Å². The summed E-state index contributed by atoms with van der Waals surface area (Å²) in [7, 11) is 0. The summed E-state index contributed by atoms with van der Waals surface area (Å²) in [6.45, 7) is 5.87. The van der Waals surface area contributed by atoms with Gasteiger partial charge in [-0.1, -0.05) is 26.7 Å². The number of hydrogen-bond acceptors (Lipinski definition) is 6. The van der Waals surface area contributed by atoms with Gasteiger partial charge < -0.3 is 15.7 Å². The number of carboxylic acids is 1. The first-order valence-electron chi connectivity index (χ1n) is 14.2. The number of carbonyl (C=O) groups is 3. The summed E-state index contributed by atoms with van der Waals surface area (Å²) in [6, 6.07) is 4.21. The second kappa shape index (κ2) is 12.5. The Balaban J connectivity index is 1.68. The van der Waals surface area contributed by atoms with E-state index in [4.69, 9.17) is 4.98 Å². The molecule has 1 aliphatic heterocycles. The molecule has 0 saturated carbocycles. The van der Waals surface area contributed by atoms with E-state index in [2.05, 4.69) is 34.7 Å². The molecule has 3 unspecified atom stereocenters. The highest BCUT2D eigenvalue weighted by Crippen LogP contribution is 2.41. The fourth-order valence-corrected chi connectivity index (χ4v) is 5.75. The van der Waals surface area contributed by atoms with Crippen molar-refractivity contribution in [2.45, 2.75) is 78.1 Å². The Hall–Kier alpha value is -3.97. The molecule has 4 heterocycles. The van der Waals surface area contributed by atoms with E-state index in [9.17, 15) is 32.7 Å². The Kier molecular flexibility index (Phi) is 9.21. The number of halogens is 3. The average molecular weight is 592 g/mol. The highest BCUT2D eigenvalue weighted by atomic mass is 19.4. The van der Waals surface area contributed by atoms with Gasteiger partial charge in [-0.15, -0.1) is 0 Å². The van der Waals surface area contributed by atoms with E-state index in [1.165, 1.54) is 10.6 Å². The summed E-state index contributed by atoms with van der Waals surface area (Å²) >= 11 is 0. The summed E-state index contributed by atoms with van der Waals surface area (Å²) in [5, 5.41) is 23.8. The first-order chi connectivity index (χ1) is 19.9. The second-order valence-electron chi connectivity index (χ2n) is 10.8. The van der Waals surface area contributed by atoms with Crippen LogP contribution in [0.3, 0.4) is 0 Å². The van der Waals surface area contributed by atoms with Gasteiger partial charge in [0.15, 0.2) is 11.1 Å². The molecule has 0 radical (unpaired) electrons. The van der Waals surface area contributed by atoms with Crippen molar-refractivity contribution < 1.29 is 32.7 Å². The van der Waals surface area contributed by atoms with Crippen LogP contribution in [-0.2, 0) is 22.6 Å². The first kappa shape index (κ1) is 31.0. The molecule has 0 bridgehead atoms. The van der Waals surface area contributed by atoms with Crippen LogP contribution in [0.2, 0.25) is 0 Å². The molecule has 14 heteroatoms. The second-order valence-corrected chi connectivity index (χ2v) is 10.8. The van der Waals surface area contributed by atoms with Crippen LogP contribution < -0.4 is 10.6 Å². The van der Waals surface area contributed by atoms with Crippen molar-refractivity contribution in [3.8, 4) is 0 Å². The average Bonchev–Trinajstić information content (AvgIpc) is 3.59. The molecule has 4 rings (SSSR count). The predicted molar refractivity (Wildman–Crippen MR) is 145 cm³/mol. The van der Waals surface area contributed by atoms with Gasteiger partial charge in [0.1, 0.15) is 5.69 Å². The number of alkyl halides is 3. The van der Waals surface area contributed by atoms with Gasteiger partial charge in [-0.2, -0.15) is 23.4 Å². The lowest BCUT2D eigenvalue weighted by Gasteiger charge is -2.37. The molecule has 3 aromatic heterocycles. The minimum Gasteiger partial charge on any atom is -0.480 e. The minimum absolute atomic E-state index is 0.0619. The smallest absolute Gasteiger partial charge is 0.393 e. The molecule has 2 amide bonds. The molecule has 3 aromatic rings. The summed E-state index contributed by atoms with van der Waals surface area (Å²) in [5.74, 6) is -4.84. The van der Waals surface area contributed by atoms with Crippen LogP contribution in [0.1, 0.15) is 80.8 Å². The number of imidazole rings is 1. The predicted octanol–water partition coefficient (Wildman–Crippen LogP) is 3.95. The molecule has 0 aliphatic carbocycles. The normalized spacial score (nSPS) is 20.1. The Morgan fingerprint density at radius 3 is 2.52 bits per heavy atom. The highest BCUT2D eigenvalue weighted by Gasteiger charge is 2.56. The fraction of sp³-hybridized carbons (Fsp3) is 0.571. The van der Waals surface area contributed by atoms with Crippen molar-refractivity contribution in [2.24, 2.45) is 17.3 Å². The Morgan fingerprint density at radius 2 is 1.90 bits per heavy atom. The highest BCUT2D eigenvalue weighted by molar-refractivity contribution is 6.02. The maximum atomic E-state index is 13.5. The number of hydrogen-bond donors (Lipinski definition) is 3. The number of amides is 2. The van der Waals surface area contributed by atoms with E-state index < -0.39 is 54.8 Å². The van der Waals surface area contributed by atoms with Crippen LogP contribution >= 0.6 is 0 Å². The van der Waals surface area contributed by atoms with Gasteiger partial charge in [-0.05, 0) is 50.3 Å². The SMILES string of the molecule is CCCC(CCC)C(NC(=O)c1ccnn1CC)c1cn2nc(CC3(C(=O)O)CC(C(F)(F)F)CNC3=O)ccc2n1. The third-order valence-corrected chi connectivity index (χ3v) is 7.93. The summed E-state index contributed by atoms with van der Waals surface area (Å²) in [6.07, 6.45) is 0.552. The molecule has 228 valence electrons. The van der Waals surface area contributed by atoms with Gasteiger partial charge in [0, 0.05) is 25.7 Å². The van der Waals surface area contributed by atoms with Gasteiger partial charge in [0.25, 0.3) is 5.91 Å². The van der Waals surface area contributed by atoms with Gasteiger partial charge in [-0.25, -0.2) is 9.50 Å². The standard InChI is InChI=1S/C28H36F3N7O4/c1-4-7-17(8-5-2)23(35-24(39)21-11-12-33-37(21)6-3)20-16-38-22(34-20)10-9-19(36-38)14-27(26(41)42)13-18(28(29,30)31)15-32-25(27)40/h9-12,16-18,23H,4-8,13-15H2,1-3H3,(H,32,40)(H,35,39)(H,41,42). The lowest BCUT2D eigenvalue weighted by molar-refractivity contribution is -0.194. The Labute approximate surface area is 240 Å². The van der Waals surface area contributed by atoms with Gasteiger partial charge >= 0.3 is 12.1 Å². The maximum Gasteiger partial charge on any atom is 0.393 e. The van der Waals surface area contributed by atoms with E-state index >= 15 is 0 Å². The number of aliphatic carboxylic acids is 1. The summed E-state index contributed by atoms with van der Waals surface area (Å²) in [5.41, 5.74) is -0.834. The van der Waals surface area contributed by atoms with Crippen molar-refractivity contribution in [1.29, 1.82) is 0 Å². The third-order valence-electron chi connectivity index (χ3n) is 7.93. The zero-order valence-corrected chi connectivity index (χ0v) is 23.8. The number of rotatable bonds is 12. The van der Waals surface area contributed by atoms with Crippen molar-refractivity contribution in [3.05, 3.63) is 47.7 Å². The molecule has 3 atom stereocenters. The number of aryl methyl sites for hydroxylation is 1. The zero-order valence-electron chi connectivity index (χ0n) is 23.8. The van der Waals surface area contributed by atoms with Crippen LogP contribution in [0.4, 0.5) is 13.2 Å². The lowest BCUT2D eigenvalue weighted by Crippen LogP contribution is -2.57. The van der Waals surface area contributed by atoms with Crippen LogP contribution in [0.5, 0.6) is 0 Å². The Morgan fingerprint density at radius 1 is 1.19 bits per heavy atom. The molecule has 1 saturated heterocycles. The molecule has 0 aromatic carbocycles. The Bertz CT molecular complexity index is 1430. The van der Waals surface area contributed by atoms with Crippen molar-refractivity contribution in [2.75, 3.05) is 6.54 Å². The van der Waals surface area contributed by atoms with E-state index in [0.29, 0.717) is 23.6 Å². The number of carbonyl (C=O) groups excluding carboxylic acids is 2. The number of aromatic nitrogens is 5. The van der Waals surface area contributed by atoms with Crippen LogP contribution in [0, 0.1) is 17.3 Å². The summed E-state index contributed by atoms with van der Waals surface area (Å²) in [4.78, 5) is 42.9. The van der Waals surface area contributed by atoms with E-state index in [0.717, 1.165) is 25.7 Å². The van der Waals surface area contributed by atoms with E-state index in [-0.39, 0.29) is 17.5 Å². The topological polar surface area (TPSA) is 144 Å². The molecule has 0 spiro atoms. The number of piperidine rings is 1. The molecule has 1 aliphatic rings. The van der Waals surface area contributed by atoms with Crippen molar-refractivity contribution >= 4 is 23.4 Å². The van der Waals surface area contributed by atoms with Crippen molar-refractivity contribution in [3.63, 3.8) is 0 Å². The minimum atomic E-state index is -4.66. The van der Waals surface area contributed by atoms with Crippen LogP contribution in [0.25, 0.3) is 5.65 Å². The number of fused-ring (bicyclic) bond motifs is 1. The third kappa shape index (κ3) is 6.26. The van der Waals surface area contributed by atoms with E-state index in [1.807, 2.05) is 6.92 Å². The quantitative estimate of drug-likeness (QED) is 0.271. The molecule has 3 N–H and O–H groups in total. The monoisotopic (exact) mass is 591 g/mol. The number of nitrogens with zero attached hydrogens (tertiary/aromatic N) is 5. The summed E-state index contributed by atoms with van der Waals surface area (Å²) < 4.78 is 43.5. The number of carboxylic acid groups (broad SMARTS) is 1. The maximum absolute atomic E-state index is 13.5. The zero-order chi connectivity index (χ0) is 30.7. The molecule has 11 nitrogen and oxygen atoms in total. The largest absolute Gasteiger partial charge is 0.480 e. The van der Waals surface area contributed by atoms with E-state index in [1.54, 1.807) is 29.2 Å². The number of nitrogens with one attached hydrogen (secondary N) is 2. The van der Waals surface area contributed by atoms with Gasteiger partial charge in [-0.3, -0.25) is 19.1 Å². The lowest BCUT2D eigenvalue weighted by atomic mass is 9.72. The molecular formula is C28H36F3N7O4. The van der Waals surface area contributed by atoms with Gasteiger partial charge in [0.05, 0.1) is 29.5 Å². The molecule has 42 heavy (non-hydrogen) atoms.